The first-order chi connectivity index (χ1) is 15.6. The summed E-state index contributed by atoms with van der Waals surface area (Å²) in [7, 11) is 0. The Morgan fingerprint density at radius 3 is 1.58 bits per heavy atom. The van der Waals surface area contributed by atoms with Crippen molar-refractivity contribution in [2.24, 2.45) is 0 Å². The van der Waals surface area contributed by atoms with Crippen LogP contribution < -0.4 is 9.47 Å². The molecule has 0 aliphatic heterocycles. The Morgan fingerprint density at radius 2 is 1.21 bits per heavy atom. The Kier molecular flexibility index (Phi) is 10.0. The maximum Gasteiger partial charge on any atom is 0.303 e. The summed E-state index contributed by atoms with van der Waals surface area (Å²) in [5, 5.41) is 9.27. The summed E-state index contributed by atoms with van der Waals surface area (Å²) in [6.45, 7) is 6.81. The molecule has 0 saturated carbocycles. The number of benzene rings is 2. The number of carbonyl (C=O) groups is 2. The Morgan fingerprint density at radius 1 is 0.818 bits per heavy atom. The lowest BCUT2D eigenvalue weighted by molar-refractivity contribution is -0.150. The predicted molar refractivity (Wildman–Crippen MR) is 125 cm³/mol. The quantitative estimate of drug-likeness (QED) is 0.366. The minimum absolute atomic E-state index is 0.0717. The maximum absolute atomic E-state index is 11.1. The Balaban J connectivity index is 1.99. The van der Waals surface area contributed by atoms with Crippen LogP contribution in [0.15, 0.2) is 48.5 Å². The first-order valence-electron chi connectivity index (χ1n) is 10.6. The van der Waals surface area contributed by atoms with E-state index < -0.39 is 24.1 Å². The molecule has 0 spiro atoms. The standard InChI is InChI=1S/C25H31ClO7/c1-17(28)32-23(13-26)15-30-21-9-5-19(6-10-21)25(3,4)20-7-11-22(12-8-20)31-16-24(14-27)33-18(2)29/h5-12,23-24,27H,13-16H2,1-4H3/t23-,24-/m0/s1. The van der Waals surface area contributed by atoms with Crippen molar-refractivity contribution < 1.29 is 33.6 Å². The van der Waals surface area contributed by atoms with Crippen LogP contribution in [0.2, 0.25) is 0 Å². The van der Waals surface area contributed by atoms with Gasteiger partial charge >= 0.3 is 11.9 Å². The second-order valence-corrected chi connectivity index (χ2v) is 8.40. The molecule has 1 N–H and O–H groups in total. The molecule has 0 saturated heterocycles. The summed E-state index contributed by atoms with van der Waals surface area (Å²) in [5.41, 5.74) is 1.89. The highest BCUT2D eigenvalue weighted by molar-refractivity contribution is 6.18. The highest BCUT2D eigenvalue weighted by atomic mass is 35.5. The second-order valence-electron chi connectivity index (χ2n) is 8.10. The van der Waals surface area contributed by atoms with Crippen molar-refractivity contribution in [3.8, 4) is 11.5 Å². The van der Waals surface area contributed by atoms with Crippen molar-refractivity contribution >= 4 is 23.5 Å². The number of alkyl halides is 1. The number of carbonyl (C=O) groups excluding carboxylic acids is 2. The number of esters is 2. The van der Waals surface area contributed by atoms with Crippen molar-refractivity contribution in [3.63, 3.8) is 0 Å². The minimum atomic E-state index is -0.701. The Labute approximate surface area is 199 Å². The van der Waals surface area contributed by atoms with E-state index in [1.807, 2.05) is 48.5 Å². The summed E-state index contributed by atoms with van der Waals surface area (Å²) < 4.78 is 21.4. The summed E-state index contributed by atoms with van der Waals surface area (Å²) in [6, 6.07) is 15.4. The number of rotatable bonds is 12. The van der Waals surface area contributed by atoms with Gasteiger partial charge in [-0.2, -0.15) is 0 Å². The Bertz CT molecular complexity index is 820. The predicted octanol–water partition coefficient (Wildman–Crippen LogP) is 3.86. The van der Waals surface area contributed by atoms with E-state index in [2.05, 4.69) is 13.8 Å². The number of halogens is 1. The van der Waals surface area contributed by atoms with E-state index in [0.29, 0.717) is 11.5 Å². The number of ether oxygens (including phenoxy) is 4. The molecule has 0 heterocycles. The van der Waals surface area contributed by atoms with Gasteiger partial charge in [0, 0.05) is 19.3 Å². The molecule has 180 valence electrons. The molecule has 0 bridgehead atoms. The van der Waals surface area contributed by atoms with Gasteiger partial charge in [0.25, 0.3) is 0 Å². The van der Waals surface area contributed by atoms with Crippen LogP contribution in [0.5, 0.6) is 11.5 Å². The third-order valence-corrected chi connectivity index (χ3v) is 5.41. The fourth-order valence-corrected chi connectivity index (χ4v) is 3.34. The molecule has 0 radical (unpaired) electrons. The topological polar surface area (TPSA) is 91.3 Å². The van der Waals surface area contributed by atoms with Crippen LogP contribution in [0.3, 0.4) is 0 Å². The van der Waals surface area contributed by atoms with Gasteiger partial charge < -0.3 is 24.1 Å². The lowest BCUT2D eigenvalue weighted by Gasteiger charge is -2.26. The molecule has 0 aliphatic rings. The van der Waals surface area contributed by atoms with E-state index in [0.717, 1.165) is 11.1 Å². The number of hydrogen-bond acceptors (Lipinski definition) is 7. The lowest BCUT2D eigenvalue weighted by atomic mass is 9.78. The van der Waals surface area contributed by atoms with Gasteiger partial charge in [0.1, 0.15) is 30.8 Å². The number of aliphatic hydroxyl groups is 1. The maximum atomic E-state index is 11.1. The van der Waals surface area contributed by atoms with E-state index >= 15 is 0 Å². The summed E-state index contributed by atoms with van der Waals surface area (Å²) in [6.07, 6.45) is -1.20. The van der Waals surface area contributed by atoms with Gasteiger partial charge in [-0.3, -0.25) is 9.59 Å². The molecule has 2 rings (SSSR count). The smallest absolute Gasteiger partial charge is 0.303 e. The minimum Gasteiger partial charge on any atom is -0.490 e. The van der Waals surface area contributed by atoms with Crippen LogP contribution in [0.25, 0.3) is 0 Å². The van der Waals surface area contributed by atoms with Gasteiger partial charge in [0.05, 0.1) is 12.5 Å². The van der Waals surface area contributed by atoms with Gasteiger partial charge in [0.15, 0.2) is 6.10 Å². The average molecular weight is 479 g/mol. The number of hydrogen-bond donors (Lipinski definition) is 1. The van der Waals surface area contributed by atoms with E-state index in [-0.39, 0.29) is 31.1 Å². The lowest BCUT2D eigenvalue weighted by Crippen LogP contribution is -2.27. The van der Waals surface area contributed by atoms with E-state index in [1.54, 1.807) is 0 Å². The third kappa shape index (κ3) is 8.26. The highest BCUT2D eigenvalue weighted by Gasteiger charge is 2.23. The van der Waals surface area contributed by atoms with Crippen molar-refractivity contribution in [2.45, 2.75) is 45.3 Å². The molecule has 2 atom stereocenters. The molecule has 8 heteroatoms. The Hall–Kier alpha value is -2.77. The van der Waals surface area contributed by atoms with Crippen LogP contribution in [-0.4, -0.2) is 55.0 Å². The molecule has 0 aliphatic carbocycles. The van der Waals surface area contributed by atoms with Gasteiger partial charge in [-0.25, -0.2) is 0 Å². The zero-order valence-corrected chi connectivity index (χ0v) is 20.1. The SMILES string of the molecule is CC(=O)O[C@@H](CO)COc1ccc(C(C)(C)c2ccc(OC[C@H](CCl)OC(C)=O)cc2)cc1. The van der Waals surface area contributed by atoms with Gasteiger partial charge in [-0.1, -0.05) is 38.1 Å². The summed E-state index contributed by atoms with van der Waals surface area (Å²) in [4.78, 5) is 22.1. The van der Waals surface area contributed by atoms with E-state index in [4.69, 9.17) is 30.5 Å². The van der Waals surface area contributed by atoms with Gasteiger partial charge in [-0.05, 0) is 35.4 Å². The summed E-state index contributed by atoms with van der Waals surface area (Å²) in [5.74, 6) is 0.580. The van der Waals surface area contributed by atoms with Crippen molar-refractivity contribution in [2.75, 3.05) is 25.7 Å². The van der Waals surface area contributed by atoms with E-state index in [9.17, 15) is 14.7 Å². The molecular weight excluding hydrogens is 448 g/mol. The molecule has 2 aromatic carbocycles. The molecule has 2 aromatic rings. The molecule has 0 amide bonds. The highest BCUT2D eigenvalue weighted by Crippen LogP contribution is 2.33. The first kappa shape index (κ1) is 26.5. The fraction of sp³-hybridized carbons (Fsp3) is 0.440. The van der Waals surface area contributed by atoms with Crippen LogP contribution in [0.4, 0.5) is 0 Å². The molecule has 0 unspecified atom stereocenters. The zero-order chi connectivity index (χ0) is 24.4. The van der Waals surface area contributed by atoms with E-state index in [1.165, 1.54) is 13.8 Å². The molecule has 0 fully saturated rings. The molecule has 33 heavy (non-hydrogen) atoms. The van der Waals surface area contributed by atoms with Crippen molar-refractivity contribution in [1.82, 2.24) is 0 Å². The van der Waals surface area contributed by atoms with Gasteiger partial charge in [0.2, 0.25) is 0 Å². The monoisotopic (exact) mass is 478 g/mol. The van der Waals surface area contributed by atoms with Crippen molar-refractivity contribution in [3.05, 3.63) is 59.7 Å². The van der Waals surface area contributed by atoms with Crippen molar-refractivity contribution in [1.29, 1.82) is 0 Å². The number of aliphatic hydroxyl groups excluding tert-OH is 1. The first-order valence-corrected chi connectivity index (χ1v) is 11.2. The largest absolute Gasteiger partial charge is 0.490 e. The molecular formula is C25H31ClO7. The van der Waals surface area contributed by atoms with Crippen LogP contribution >= 0.6 is 11.6 Å². The third-order valence-electron chi connectivity index (χ3n) is 5.06. The normalized spacial score (nSPS) is 13.0. The molecule has 7 nitrogen and oxygen atoms in total. The van der Waals surface area contributed by atoms with Crippen LogP contribution in [0.1, 0.15) is 38.8 Å². The fourth-order valence-electron chi connectivity index (χ4n) is 3.18. The van der Waals surface area contributed by atoms with Gasteiger partial charge in [-0.15, -0.1) is 11.6 Å². The second kappa shape index (κ2) is 12.5. The molecule has 0 aromatic heterocycles. The zero-order valence-electron chi connectivity index (χ0n) is 19.4. The van der Waals surface area contributed by atoms with Crippen LogP contribution in [-0.2, 0) is 24.5 Å². The summed E-state index contributed by atoms with van der Waals surface area (Å²) >= 11 is 5.81. The average Bonchev–Trinajstić information content (AvgIpc) is 2.79. The van der Waals surface area contributed by atoms with Crippen LogP contribution in [0, 0.1) is 0 Å².